The molecule has 2 aliphatic heterocycles. The van der Waals surface area contributed by atoms with Crippen LogP contribution < -0.4 is 25.3 Å². The van der Waals surface area contributed by atoms with E-state index in [4.69, 9.17) is 33.8 Å². The van der Waals surface area contributed by atoms with Crippen LogP contribution in [0.4, 0.5) is 23.3 Å². The van der Waals surface area contributed by atoms with Crippen molar-refractivity contribution in [2.24, 2.45) is 0 Å². The molecule has 3 heterocycles. The first-order chi connectivity index (χ1) is 20.5. The third-order valence-electron chi connectivity index (χ3n) is 9.35. The van der Waals surface area contributed by atoms with Crippen molar-refractivity contribution in [1.29, 1.82) is 0 Å². The van der Waals surface area contributed by atoms with Gasteiger partial charge in [0, 0.05) is 67.5 Å². The molecule has 3 aliphatic rings. The van der Waals surface area contributed by atoms with Crippen molar-refractivity contribution in [2.75, 3.05) is 59.3 Å². The average Bonchev–Trinajstić information content (AvgIpc) is 3.51. The maximum atomic E-state index is 6.19. The quantitative estimate of drug-likeness (QED) is 0.292. The Morgan fingerprint density at radius 1 is 0.881 bits per heavy atom. The Balaban J connectivity index is 1.18. The standard InChI is InChI=1S/C33H42ClN7S/c1-25-9-5-8-18-41(25)30-23-29(40-21-19-39(20-22-40)28-10-3-2-4-11-28)36-31(37-30)38-32(42)35-24-33(16-6-7-17-33)26-12-14-27(34)15-13-26/h2-4,10-15,23,25H,5-9,16-22,24H2,1H3,(H2,35,36,37,38,42)/t25-/m0/s1. The molecule has 0 spiro atoms. The van der Waals surface area contributed by atoms with Crippen LogP contribution in [0.5, 0.6) is 0 Å². The first-order valence-electron chi connectivity index (χ1n) is 15.5. The summed E-state index contributed by atoms with van der Waals surface area (Å²) in [7, 11) is 0. The molecule has 2 aromatic carbocycles. The summed E-state index contributed by atoms with van der Waals surface area (Å²) in [6, 6.07) is 21.6. The normalized spacial score (nSPS) is 20.4. The van der Waals surface area contributed by atoms with E-state index in [0.717, 1.165) is 68.8 Å². The summed E-state index contributed by atoms with van der Waals surface area (Å²) in [5.41, 5.74) is 2.67. The van der Waals surface area contributed by atoms with Crippen molar-refractivity contribution < 1.29 is 0 Å². The van der Waals surface area contributed by atoms with Crippen LogP contribution in [0, 0.1) is 0 Å². The number of rotatable bonds is 7. The van der Waals surface area contributed by atoms with Gasteiger partial charge in [-0.1, -0.05) is 54.8 Å². The second-order valence-electron chi connectivity index (χ2n) is 12.1. The summed E-state index contributed by atoms with van der Waals surface area (Å²) < 4.78 is 0. The molecule has 1 saturated carbocycles. The molecule has 9 heteroatoms. The molecule has 6 rings (SSSR count). The molecule has 0 amide bonds. The highest BCUT2D eigenvalue weighted by Crippen LogP contribution is 2.41. The van der Waals surface area contributed by atoms with Crippen LogP contribution in [0.15, 0.2) is 60.7 Å². The van der Waals surface area contributed by atoms with Crippen LogP contribution >= 0.6 is 23.8 Å². The average molecular weight is 604 g/mol. The smallest absolute Gasteiger partial charge is 0.232 e. The molecule has 1 aromatic heterocycles. The zero-order valence-electron chi connectivity index (χ0n) is 24.6. The predicted molar refractivity (Wildman–Crippen MR) is 179 cm³/mol. The van der Waals surface area contributed by atoms with Crippen LogP contribution in [-0.4, -0.2) is 60.4 Å². The zero-order chi connectivity index (χ0) is 28.9. The van der Waals surface area contributed by atoms with Gasteiger partial charge in [-0.2, -0.15) is 9.97 Å². The fourth-order valence-electron chi connectivity index (χ4n) is 6.88. The largest absolute Gasteiger partial charge is 0.368 e. The number of thiocarbonyl (C=S) groups is 1. The molecule has 1 atom stereocenters. The molecule has 0 bridgehead atoms. The minimum atomic E-state index is 0.0614. The van der Waals surface area contributed by atoms with Crippen molar-refractivity contribution in [3.63, 3.8) is 0 Å². The lowest BCUT2D eigenvalue weighted by atomic mass is 9.79. The minimum Gasteiger partial charge on any atom is -0.368 e. The van der Waals surface area contributed by atoms with E-state index in [9.17, 15) is 0 Å². The van der Waals surface area contributed by atoms with E-state index in [2.05, 4.69) is 80.8 Å². The van der Waals surface area contributed by atoms with Gasteiger partial charge in [0.2, 0.25) is 5.95 Å². The Morgan fingerprint density at radius 2 is 1.57 bits per heavy atom. The van der Waals surface area contributed by atoms with E-state index in [-0.39, 0.29) is 5.41 Å². The summed E-state index contributed by atoms with van der Waals surface area (Å²) in [5, 5.41) is 8.24. The number of nitrogens with one attached hydrogen (secondary N) is 2. The van der Waals surface area contributed by atoms with Gasteiger partial charge in [-0.25, -0.2) is 0 Å². The Labute approximate surface area is 260 Å². The van der Waals surface area contributed by atoms with Gasteiger partial charge in [0.05, 0.1) is 0 Å². The van der Waals surface area contributed by atoms with Gasteiger partial charge >= 0.3 is 0 Å². The first-order valence-corrected chi connectivity index (χ1v) is 16.3. The number of hydrogen-bond acceptors (Lipinski definition) is 6. The molecule has 2 saturated heterocycles. The van der Waals surface area contributed by atoms with Gasteiger partial charge in [-0.05, 0) is 81.1 Å². The summed E-state index contributed by atoms with van der Waals surface area (Å²) >= 11 is 12.0. The second kappa shape index (κ2) is 13.0. The number of para-hydroxylation sites is 1. The van der Waals surface area contributed by atoms with Crippen LogP contribution in [-0.2, 0) is 5.41 Å². The Morgan fingerprint density at radius 3 is 2.29 bits per heavy atom. The van der Waals surface area contributed by atoms with E-state index < -0.39 is 0 Å². The first kappa shape index (κ1) is 29.0. The number of anilines is 4. The monoisotopic (exact) mass is 603 g/mol. The number of piperazine rings is 1. The highest BCUT2D eigenvalue weighted by molar-refractivity contribution is 7.80. The van der Waals surface area contributed by atoms with Gasteiger partial charge in [-0.15, -0.1) is 0 Å². The third-order valence-corrected chi connectivity index (χ3v) is 9.85. The lowest BCUT2D eigenvalue weighted by Crippen LogP contribution is -2.47. The van der Waals surface area contributed by atoms with Gasteiger partial charge < -0.3 is 25.3 Å². The maximum absolute atomic E-state index is 6.19. The van der Waals surface area contributed by atoms with Crippen LogP contribution in [0.3, 0.4) is 0 Å². The fraction of sp³-hybridized carbons (Fsp3) is 0.485. The predicted octanol–water partition coefficient (Wildman–Crippen LogP) is 6.63. The Kier molecular flexibility index (Phi) is 9.00. The second-order valence-corrected chi connectivity index (χ2v) is 12.9. The highest BCUT2D eigenvalue weighted by Gasteiger charge is 2.35. The Bertz CT molecular complexity index is 1340. The number of halogens is 1. The molecular weight excluding hydrogens is 562 g/mol. The van der Waals surface area contributed by atoms with E-state index in [1.165, 1.54) is 43.4 Å². The lowest BCUT2D eigenvalue weighted by Gasteiger charge is -2.38. The molecule has 7 nitrogen and oxygen atoms in total. The van der Waals surface area contributed by atoms with E-state index in [1.54, 1.807) is 0 Å². The van der Waals surface area contributed by atoms with Crippen LogP contribution in [0.25, 0.3) is 0 Å². The van der Waals surface area contributed by atoms with Crippen molar-refractivity contribution in [3.8, 4) is 0 Å². The van der Waals surface area contributed by atoms with Crippen molar-refractivity contribution in [2.45, 2.75) is 63.3 Å². The highest BCUT2D eigenvalue weighted by atomic mass is 35.5. The molecule has 0 unspecified atom stereocenters. The van der Waals surface area contributed by atoms with E-state index >= 15 is 0 Å². The van der Waals surface area contributed by atoms with E-state index in [0.29, 0.717) is 17.1 Å². The molecule has 3 fully saturated rings. The van der Waals surface area contributed by atoms with E-state index in [1.807, 2.05) is 12.1 Å². The summed E-state index contributed by atoms with van der Waals surface area (Å²) in [6.45, 7) is 7.83. The molecule has 222 valence electrons. The van der Waals surface area contributed by atoms with Gasteiger partial charge in [0.1, 0.15) is 11.6 Å². The fourth-order valence-corrected chi connectivity index (χ4v) is 7.17. The maximum Gasteiger partial charge on any atom is 0.232 e. The molecular formula is C33H42ClN7S. The minimum absolute atomic E-state index is 0.0614. The number of aromatic nitrogens is 2. The number of nitrogens with zero attached hydrogens (tertiary/aromatic N) is 5. The number of hydrogen-bond donors (Lipinski definition) is 2. The summed E-state index contributed by atoms with van der Waals surface area (Å²) in [6.07, 6.45) is 8.38. The number of benzene rings is 2. The van der Waals surface area contributed by atoms with Crippen LogP contribution in [0.2, 0.25) is 5.02 Å². The van der Waals surface area contributed by atoms with Crippen molar-refractivity contribution in [1.82, 2.24) is 15.3 Å². The summed E-state index contributed by atoms with van der Waals surface area (Å²) in [4.78, 5) is 17.3. The van der Waals surface area contributed by atoms with Crippen LogP contribution in [0.1, 0.15) is 57.4 Å². The lowest BCUT2D eigenvalue weighted by molar-refractivity contribution is 0.435. The Hall–Kier alpha value is -3.10. The SMILES string of the molecule is C[C@H]1CCCCN1c1cc(N2CCN(c3ccccc3)CC2)nc(NC(=S)NCC2(c3ccc(Cl)cc3)CCCC2)n1. The van der Waals surface area contributed by atoms with Gasteiger partial charge in [0.25, 0.3) is 0 Å². The molecule has 1 aliphatic carbocycles. The van der Waals surface area contributed by atoms with Crippen molar-refractivity contribution >= 4 is 52.2 Å². The molecule has 0 radical (unpaired) electrons. The van der Waals surface area contributed by atoms with Gasteiger partial charge in [0.15, 0.2) is 5.11 Å². The number of piperidine rings is 1. The molecule has 3 aromatic rings. The third kappa shape index (κ3) is 6.60. The molecule has 2 N–H and O–H groups in total. The topological polar surface area (TPSA) is 59.6 Å². The summed E-state index contributed by atoms with van der Waals surface area (Å²) in [5.74, 6) is 2.51. The van der Waals surface area contributed by atoms with Gasteiger partial charge in [-0.3, -0.25) is 0 Å². The zero-order valence-corrected chi connectivity index (χ0v) is 26.1. The van der Waals surface area contributed by atoms with Crippen molar-refractivity contribution in [3.05, 3.63) is 71.2 Å². The molecule has 42 heavy (non-hydrogen) atoms.